The molecule has 0 amide bonds. The SMILES string of the molecule is CCCCCC(C=CC1CCC(=O)C1CC#C[Si](C)(C)C)OCc1ccccc1. The van der Waals surface area contributed by atoms with Gasteiger partial charge in [0.15, 0.2) is 0 Å². The molecule has 2 nitrogen and oxygen atoms in total. The summed E-state index contributed by atoms with van der Waals surface area (Å²) < 4.78 is 6.23. The van der Waals surface area contributed by atoms with Crippen molar-refractivity contribution >= 4 is 13.9 Å². The number of allylic oxidation sites excluding steroid dienone is 1. The van der Waals surface area contributed by atoms with E-state index in [2.05, 4.69) is 74.4 Å². The van der Waals surface area contributed by atoms with E-state index in [0.29, 0.717) is 31.1 Å². The summed E-state index contributed by atoms with van der Waals surface area (Å²) in [5, 5.41) is 0. The van der Waals surface area contributed by atoms with Gasteiger partial charge in [-0.1, -0.05) is 88.3 Å². The summed E-state index contributed by atoms with van der Waals surface area (Å²) in [5.74, 6) is 4.10. The van der Waals surface area contributed by atoms with Gasteiger partial charge in [-0.25, -0.2) is 0 Å². The zero-order valence-corrected chi connectivity index (χ0v) is 19.7. The van der Waals surface area contributed by atoms with Gasteiger partial charge in [-0.3, -0.25) is 4.79 Å². The molecule has 0 spiro atoms. The Bertz CT molecular complexity index is 706. The molecule has 1 aromatic rings. The lowest BCUT2D eigenvalue weighted by molar-refractivity contribution is -0.120. The fraction of sp³-hybridized carbons (Fsp3) is 0.577. The van der Waals surface area contributed by atoms with E-state index in [4.69, 9.17) is 4.74 Å². The molecule has 0 saturated heterocycles. The number of rotatable bonds is 10. The van der Waals surface area contributed by atoms with Crippen LogP contribution in [0.15, 0.2) is 42.5 Å². The van der Waals surface area contributed by atoms with Crippen molar-refractivity contribution in [3.63, 3.8) is 0 Å². The smallest absolute Gasteiger partial charge is 0.137 e. The molecule has 3 atom stereocenters. The molecular weight excluding hydrogens is 372 g/mol. The van der Waals surface area contributed by atoms with Crippen molar-refractivity contribution in [1.82, 2.24) is 0 Å². The molecule has 1 aliphatic carbocycles. The first-order chi connectivity index (χ1) is 13.9. The molecular formula is C26H38O2Si. The van der Waals surface area contributed by atoms with E-state index < -0.39 is 8.07 Å². The molecule has 2 rings (SSSR count). The fourth-order valence-corrected chi connectivity index (χ4v) is 4.36. The van der Waals surface area contributed by atoms with Gasteiger partial charge in [0.25, 0.3) is 0 Å². The van der Waals surface area contributed by atoms with Gasteiger partial charge < -0.3 is 4.74 Å². The Hall–Kier alpha value is -1.63. The fourth-order valence-electron chi connectivity index (χ4n) is 3.73. The Balaban J connectivity index is 1.98. The van der Waals surface area contributed by atoms with Crippen molar-refractivity contribution < 1.29 is 9.53 Å². The van der Waals surface area contributed by atoms with Crippen LogP contribution in [-0.4, -0.2) is 20.0 Å². The molecule has 3 unspecified atom stereocenters. The Morgan fingerprint density at radius 2 is 1.97 bits per heavy atom. The maximum absolute atomic E-state index is 12.4. The highest BCUT2D eigenvalue weighted by atomic mass is 28.3. The van der Waals surface area contributed by atoms with E-state index in [1.54, 1.807) is 0 Å². The van der Waals surface area contributed by atoms with Gasteiger partial charge in [-0.2, -0.15) is 0 Å². The highest BCUT2D eigenvalue weighted by molar-refractivity contribution is 6.83. The minimum atomic E-state index is -1.38. The molecule has 0 heterocycles. The van der Waals surface area contributed by atoms with Crippen LogP contribution in [0, 0.1) is 23.3 Å². The lowest BCUT2D eigenvalue weighted by Gasteiger charge is -2.17. The van der Waals surface area contributed by atoms with E-state index in [1.165, 1.54) is 24.8 Å². The van der Waals surface area contributed by atoms with E-state index in [9.17, 15) is 4.79 Å². The van der Waals surface area contributed by atoms with Crippen LogP contribution >= 0.6 is 0 Å². The summed E-state index contributed by atoms with van der Waals surface area (Å²) in [4.78, 5) is 12.4. The van der Waals surface area contributed by atoms with Gasteiger partial charge in [0.1, 0.15) is 13.9 Å². The highest BCUT2D eigenvalue weighted by Crippen LogP contribution is 2.32. The van der Waals surface area contributed by atoms with Crippen LogP contribution in [0.1, 0.15) is 57.4 Å². The van der Waals surface area contributed by atoms with Gasteiger partial charge >= 0.3 is 0 Å². The highest BCUT2D eigenvalue weighted by Gasteiger charge is 2.32. The molecule has 0 N–H and O–H groups in total. The number of unbranched alkanes of at least 4 members (excludes halogenated alkanes) is 2. The number of Topliss-reactive ketones (excluding diaryl/α,β-unsaturated/α-hetero) is 1. The third-order valence-electron chi connectivity index (χ3n) is 5.41. The molecule has 1 aromatic carbocycles. The van der Waals surface area contributed by atoms with E-state index in [-0.39, 0.29) is 12.0 Å². The second-order valence-corrected chi connectivity index (χ2v) is 14.0. The van der Waals surface area contributed by atoms with Crippen molar-refractivity contribution in [2.24, 2.45) is 11.8 Å². The van der Waals surface area contributed by atoms with Crippen LogP contribution in [0.3, 0.4) is 0 Å². The summed E-state index contributed by atoms with van der Waals surface area (Å²) >= 11 is 0. The number of benzene rings is 1. The van der Waals surface area contributed by atoms with Crippen LogP contribution in [0.25, 0.3) is 0 Å². The number of carbonyl (C=O) groups excluding carboxylic acids is 1. The molecule has 1 saturated carbocycles. The van der Waals surface area contributed by atoms with Gasteiger partial charge in [-0.15, -0.1) is 11.5 Å². The Labute approximate surface area is 179 Å². The average Bonchev–Trinajstić information content (AvgIpc) is 3.03. The molecule has 0 aromatic heterocycles. The maximum atomic E-state index is 12.4. The van der Waals surface area contributed by atoms with Crippen LogP contribution in [-0.2, 0) is 16.1 Å². The lowest BCUT2D eigenvalue weighted by atomic mass is 9.91. The largest absolute Gasteiger partial charge is 0.369 e. The Morgan fingerprint density at radius 1 is 1.21 bits per heavy atom. The first kappa shape index (κ1) is 23.6. The second-order valence-electron chi connectivity index (χ2n) is 9.25. The molecule has 29 heavy (non-hydrogen) atoms. The lowest BCUT2D eigenvalue weighted by Crippen LogP contribution is -2.18. The monoisotopic (exact) mass is 410 g/mol. The number of hydrogen-bond acceptors (Lipinski definition) is 2. The normalized spacial score (nSPS) is 20.6. The van der Waals surface area contributed by atoms with Crippen molar-refractivity contribution in [2.45, 2.75) is 84.2 Å². The van der Waals surface area contributed by atoms with Crippen molar-refractivity contribution in [3.8, 4) is 11.5 Å². The second kappa shape index (κ2) is 12.2. The minimum absolute atomic E-state index is 0.0699. The van der Waals surface area contributed by atoms with Crippen molar-refractivity contribution in [2.75, 3.05) is 0 Å². The van der Waals surface area contributed by atoms with E-state index in [1.807, 2.05) is 6.07 Å². The quantitative estimate of drug-likeness (QED) is 0.189. The predicted molar refractivity (Wildman–Crippen MR) is 125 cm³/mol. The molecule has 0 radical (unpaired) electrons. The van der Waals surface area contributed by atoms with Crippen LogP contribution in [0.5, 0.6) is 0 Å². The molecule has 0 bridgehead atoms. The number of ether oxygens (including phenoxy) is 1. The van der Waals surface area contributed by atoms with Gasteiger partial charge in [-0.05, 0) is 24.3 Å². The van der Waals surface area contributed by atoms with Crippen LogP contribution in [0.4, 0.5) is 0 Å². The third kappa shape index (κ3) is 9.15. The first-order valence-corrected chi connectivity index (χ1v) is 14.8. The van der Waals surface area contributed by atoms with Gasteiger partial charge in [0, 0.05) is 18.8 Å². The summed E-state index contributed by atoms with van der Waals surface area (Å²) in [5.41, 5.74) is 4.62. The molecule has 1 aliphatic rings. The van der Waals surface area contributed by atoms with Gasteiger partial charge in [0.05, 0.1) is 12.7 Å². The van der Waals surface area contributed by atoms with Crippen molar-refractivity contribution in [3.05, 3.63) is 48.0 Å². The van der Waals surface area contributed by atoms with E-state index in [0.717, 1.165) is 12.8 Å². The standard InChI is InChI=1S/C26H38O2Si/c1-5-6-8-14-24(28-21-22-12-9-7-10-13-22)18-16-23-17-19-26(27)25(23)15-11-20-29(2,3)4/h7,9-10,12-13,16,18,23-25H,5-6,8,14-15,17,19,21H2,1-4H3. The predicted octanol–water partition coefficient (Wildman–Crippen LogP) is 6.57. The zero-order chi connectivity index (χ0) is 21.1. The molecule has 0 aliphatic heterocycles. The summed E-state index contributed by atoms with van der Waals surface area (Å²) in [7, 11) is -1.38. The third-order valence-corrected chi connectivity index (χ3v) is 6.34. The minimum Gasteiger partial charge on any atom is -0.369 e. The summed E-state index contributed by atoms with van der Waals surface area (Å²) in [6.07, 6.45) is 11.6. The Morgan fingerprint density at radius 3 is 2.66 bits per heavy atom. The van der Waals surface area contributed by atoms with Crippen molar-refractivity contribution in [1.29, 1.82) is 0 Å². The number of ketones is 1. The molecule has 3 heteroatoms. The Kier molecular flexibility index (Phi) is 9.91. The average molecular weight is 411 g/mol. The molecule has 1 fully saturated rings. The van der Waals surface area contributed by atoms with E-state index >= 15 is 0 Å². The molecule has 158 valence electrons. The summed E-state index contributed by atoms with van der Waals surface area (Å²) in [6, 6.07) is 10.4. The number of hydrogen-bond donors (Lipinski definition) is 0. The maximum Gasteiger partial charge on any atom is 0.137 e. The number of carbonyl (C=O) groups is 1. The van der Waals surface area contributed by atoms with Gasteiger partial charge in [0.2, 0.25) is 0 Å². The summed E-state index contributed by atoms with van der Waals surface area (Å²) in [6.45, 7) is 9.61. The van der Waals surface area contributed by atoms with Crippen LogP contribution < -0.4 is 0 Å². The zero-order valence-electron chi connectivity index (χ0n) is 18.7. The first-order valence-electron chi connectivity index (χ1n) is 11.3. The topological polar surface area (TPSA) is 26.3 Å². The van der Waals surface area contributed by atoms with Crippen LogP contribution in [0.2, 0.25) is 19.6 Å².